The number of aliphatic hydroxyl groups excluding tert-OH is 1. The van der Waals surface area contributed by atoms with Crippen LogP contribution in [0.4, 0.5) is 0 Å². The van der Waals surface area contributed by atoms with E-state index in [2.05, 4.69) is 6.92 Å². The fourth-order valence-corrected chi connectivity index (χ4v) is 4.61. The van der Waals surface area contributed by atoms with Crippen LogP contribution in [-0.2, 0) is 9.59 Å². The van der Waals surface area contributed by atoms with Gasteiger partial charge >= 0.3 is 0 Å². The fraction of sp³-hybridized carbons (Fsp3) is 0.581. The molecule has 1 aliphatic rings. The quantitative estimate of drug-likeness (QED) is 0.126. The highest BCUT2D eigenvalue weighted by molar-refractivity contribution is 6.26. The molecule has 1 aromatic rings. The van der Waals surface area contributed by atoms with Crippen molar-refractivity contribution in [3.05, 3.63) is 59.2 Å². The predicted octanol–water partition coefficient (Wildman–Crippen LogP) is 7.50. The van der Waals surface area contributed by atoms with Gasteiger partial charge in [-0.1, -0.05) is 133 Å². The summed E-state index contributed by atoms with van der Waals surface area (Å²) >= 11 is 0. The van der Waals surface area contributed by atoms with Gasteiger partial charge in [0.05, 0.1) is 5.57 Å². The highest BCUT2D eigenvalue weighted by Crippen LogP contribution is 2.22. The average molecular weight is 481 g/mol. The summed E-state index contributed by atoms with van der Waals surface area (Å²) in [6.07, 6.45) is 20.4. The first-order chi connectivity index (χ1) is 17.1. The smallest absolute Gasteiger partial charge is 0.199 e. The molecule has 0 aliphatic heterocycles. The molecule has 0 aromatic heterocycles. The van der Waals surface area contributed by atoms with E-state index in [0.29, 0.717) is 12.0 Å². The van der Waals surface area contributed by atoms with Gasteiger partial charge < -0.3 is 5.11 Å². The summed E-state index contributed by atoms with van der Waals surface area (Å²) in [5, 5.41) is 10.4. The maximum absolute atomic E-state index is 12.6. The molecule has 0 fully saturated rings. The molecule has 1 N–H and O–H groups in total. The van der Waals surface area contributed by atoms with Crippen LogP contribution in [0, 0.1) is 0 Å². The molecule has 0 radical (unpaired) electrons. The van der Waals surface area contributed by atoms with Gasteiger partial charge in [0.1, 0.15) is 6.10 Å². The van der Waals surface area contributed by atoms with Crippen LogP contribution in [-0.4, -0.2) is 28.6 Å². The van der Waals surface area contributed by atoms with Crippen molar-refractivity contribution in [2.75, 3.05) is 0 Å². The maximum atomic E-state index is 12.6. The number of carbonyl (C=O) groups excluding carboxylic acids is 3. The lowest BCUT2D eigenvalue weighted by molar-refractivity contribution is -0.125. The molecule has 0 saturated heterocycles. The lowest BCUT2D eigenvalue weighted by atomic mass is 9.86. The van der Waals surface area contributed by atoms with Crippen molar-refractivity contribution in [2.45, 2.75) is 116 Å². The standard InChI is InChI=1S/C31H44O4/c1-2-3-4-5-6-7-8-9-10-11-12-13-14-15-19-22-28(32)26-23-24-27(31(35)30(26)34)29(33)25-20-17-16-18-21-25/h16-18,20-21,23-24,31,35H,2-15,19,22H2,1H3. The van der Waals surface area contributed by atoms with Crippen molar-refractivity contribution in [1.29, 1.82) is 0 Å². The number of allylic oxidation sites excluding steroid dienone is 2. The van der Waals surface area contributed by atoms with Gasteiger partial charge in [0.2, 0.25) is 0 Å². The molecule has 2 rings (SSSR count). The van der Waals surface area contributed by atoms with Gasteiger partial charge in [-0.25, -0.2) is 0 Å². The number of hydrogen-bond acceptors (Lipinski definition) is 4. The monoisotopic (exact) mass is 480 g/mol. The first-order valence-electron chi connectivity index (χ1n) is 13.8. The largest absolute Gasteiger partial charge is 0.380 e. The van der Waals surface area contributed by atoms with Gasteiger partial charge in [0, 0.05) is 17.6 Å². The Bertz CT molecular complexity index is 850. The van der Waals surface area contributed by atoms with Crippen molar-refractivity contribution < 1.29 is 19.5 Å². The van der Waals surface area contributed by atoms with E-state index < -0.39 is 17.7 Å². The van der Waals surface area contributed by atoms with Crippen molar-refractivity contribution >= 4 is 17.3 Å². The summed E-state index contributed by atoms with van der Waals surface area (Å²) in [5.41, 5.74) is 0.434. The van der Waals surface area contributed by atoms with Gasteiger partial charge in [-0.15, -0.1) is 0 Å². The molecule has 35 heavy (non-hydrogen) atoms. The normalized spacial score (nSPS) is 15.6. The van der Waals surface area contributed by atoms with E-state index in [-0.39, 0.29) is 16.9 Å². The third kappa shape index (κ3) is 10.4. The number of aliphatic hydroxyl groups is 1. The molecule has 1 aliphatic carbocycles. The molecular weight excluding hydrogens is 436 g/mol. The first kappa shape index (κ1) is 28.9. The number of rotatable bonds is 19. The Morgan fingerprint density at radius 2 is 1.20 bits per heavy atom. The van der Waals surface area contributed by atoms with Gasteiger partial charge in [-0.3, -0.25) is 14.4 Å². The predicted molar refractivity (Wildman–Crippen MR) is 143 cm³/mol. The Labute approximate surface area is 211 Å². The molecule has 0 saturated carbocycles. The van der Waals surface area contributed by atoms with Crippen LogP contribution < -0.4 is 0 Å². The second-order valence-corrected chi connectivity index (χ2v) is 9.79. The molecule has 1 aromatic carbocycles. The Morgan fingerprint density at radius 3 is 1.71 bits per heavy atom. The molecule has 192 valence electrons. The van der Waals surface area contributed by atoms with Gasteiger partial charge in [0.25, 0.3) is 0 Å². The summed E-state index contributed by atoms with van der Waals surface area (Å²) in [7, 11) is 0. The second kappa shape index (κ2) is 17.2. The van der Waals surface area contributed by atoms with E-state index in [1.807, 2.05) is 0 Å². The topological polar surface area (TPSA) is 71.4 Å². The number of benzene rings is 1. The lowest BCUT2D eigenvalue weighted by Gasteiger charge is -2.18. The molecule has 0 amide bonds. The number of carbonyl (C=O) groups is 3. The second-order valence-electron chi connectivity index (χ2n) is 9.79. The minimum absolute atomic E-state index is 0.00692. The average Bonchev–Trinajstić information content (AvgIpc) is 2.88. The van der Waals surface area contributed by atoms with Crippen LogP contribution in [0.3, 0.4) is 0 Å². The van der Waals surface area contributed by atoms with E-state index in [9.17, 15) is 19.5 Å². The summed E-state index contributed by atoms with van der Waals surface area (Å²) in [5.74, 6) is -1.31. The summed E-state index contributed by atoms with van der Waals surface area (Å²) < 4.78 is 0. The zero-order valence-electron chi connectivity index (χ0n) is 21.6. The Hall–Kier alpha value is -2.33. The highest BCUT2D eigenvalue weighted by atomic mass is 16.3. The van der Waals surface area contributed by atoms with E-state index in [1.54, 1.807) is 30.3 Å². The summed E-state index contributed by atoms with van der Waals surface area (Å²) in [6, 6.07) is 8.53. The van der Waals surface area contributed by atoms with Crippen molar-refractivity contribution in [2.24, 2.45) is 0 Å². The van der Waals surface area contributed by atoms with Crippen LogP contribution in [0.5, 0.6) is 0 Å². The third-order valence-electron chi connectivity index (χ3n) is 6.84. The number of unbranched alkanes of at least 4 members (excludes halogenated alkanes) is 14. The van der Waals surface area contributed by atoms with Crippen LogP contribution >= 0.6 is 0 Å². The van der Waals surface area contributed by atoms with Crippen molar-refractivity contribution in [1.82, 2.24) is 0 Å². The third-order valence-corrected chi connectivity index (χ3v) is 6.84. The maximum Gasteiger partial charge on any atom is 0.199 e. The van der Waals surface area contributed by atoms with Gasteiger partial charge in [0.15, 0.2) is 17.3 Å². The highest BCUT2D eigenvalue weighted by Gasteiger charge is 2.33. The first-order valence-corrected chi connectivity index (χ1v) is 13.8. The Balaban J connectivity index is 1.57. The van der Waals surface area contributed by atoms with Crippen molar-refractivity contribution in [3.8, 4) is 0 Å². The zero-order chi connectivity index (χ0) is 25.3. The van der Waals surface area contributed by atoms with Crippen LogP contribution in [0.25, 0.3) is 0 Å². The van der Waals surface area contributed by atoms with E-state index in [1.165, 1.54) is 89.2 Å². The number of ketones is 3. The van der Waals surface area contributed by atoms with Crippen LogP contribution in [0.1, 0.15) is 120 Å². The van der Waals surface area contributed by atoms with Crippen molar-refractivity contribution in [3.63, 3.8) is 0 Å². The molecule has 4 heteroatoms. The fourth-order valence-electron chi connectivity index (χ4n) is 4.61. The molecule has 0 spiro atoms. The minimum Gasteiger partial charge on any atom is -0.380 e. The lowest BCUT2D eigenvalue weighted by Crippen LogP contribution is -2.33. The number of Topliss-reactive ketones (excluding diaryl/α,β-unsaturated/α-hetero) is 3. The molecule has 0 heterocycles. The van der Waals surface area contributed by atoms with E-state index >= 15 is 0 Å². The molecule has 4 nitrogen and oxygen atoms in total. The molecule has 0 bridgehead atoms. The van der Waals surface area contributed by atoms with E-state index in [4.69, 9.17) is 0 Å². The van der Waals surface area contributed by atoms with Gasteiger partial charge in [-0.05, 0) is 12.5 Å². The van der Waals surface area contributed by atoms with Gasteiger partial charge in [-0.2, -0.15) is 0 Å². The Morgan fingerprint density at radius 1 is 0.714 bits per heavy atom. The molecule has 1 atom stereocenters. The SMILES string of the molecule is CCCCCCCCCCCCCCCCCC(=O)C1=CC=C(C(=O)c2ccccc2)C(O)C1=O. The van der Waals surface area contributed by atoms with E-state index in [0.717, 1.165) is 19.3 Å². The Kier molecular flexibility index (Phi) is 14.2. The summed E-state index contributed by atoms with van der Waals surface area (Å²) in [4.78, 5) is 37.6. The minimum atomic E-state index is -1.58. The number of hydrogen-bond donors (Lipinski definition) is 1. The van der Waals surface area contributed by atoms with Crippen LogP contribution in [0.15, 0.2) is 53.6 Å². The zero-order valence-corrected chi connectivity index (χ0v) is 21.6. The molecule has 1 unspecified atom stereocenters. The molecular formula is C31H44O4. The van der Waals surface area contributed by atoms with Crippen LogP contribution in [0.2, 0.25) is 0 Å². The summed E-state index contributed by atoms with van der Waals surface area (Å²) in [6.45, 7) is 2.26.